The second-order valence-electron chi connectivity index (χ2n) is 10.3. The highest BCUT2D eigenvalue weighted by Gasteiger charge is 2.27. The summed E-state index contributed by atoms with van der Waals surface area (Å²) in [6.45, 7) is 17.7. The number of allylic oxidation sites excluding steroid dienone is 5. The summed E-state index contributed by atoms with van der Waals surface area (Å²) in [6.07, 6.45) is 11.5. The summed E-state index contributed by atoms with van der Waals surface area (Å²) in [5, 5.41) is 4.98. The highest BCUT2D eigenvalue weighted by Crippen LogP contribution is 2.37. The predicted molar refractivity (Wildman–Crippen MR) is 139 cm³/mol. The molecular formula is C29H41N3. The van der Waals surface area contributed by atoms with Gasteiger partial charge in [0, 0.05) is 29.2 Å². The molecule has 0 radical (unpaired) electrons. The van der Waals surface area contributed by atoms with Crippen molar-refractivity contribution in [1.29, 1.82) is 0 Å². The molecule has 172 valence electrons. The summed E-state index contributed by atoms with van der Waals surface area (Å²) in [5.41, 5.74) is 7.95. The molecular weight excluding hydrogens is 390 g/mol. The van der Waals surface area contributed by atoms with E-state index >= 15 is 0 Å². The minimum atomic E-state index is 0.452. The molecule has 2 N–H and O–H groups in total. The van der Waals surface area contributed by atoms with E-state index < -0.39 is 0 Å². The van der Waals surface area contributed by atoms with Gasteiger partial charge in [0.25, 0.3) is 0 Å². The van der Waals surface area contributed by atoms with Crippen LogP contribution in [0.2, 0.25) is 0 Å². The lowest BCUT2D eigenvalue weighted by Crippen LogP contribution is -2.48. The zero-order chi connectivity index (χ0) is 22.7. The maximum atomic E-state index is 3.95. The summed E-state index contributed by atoms with van der Waals surface area (Å²) < 4.78 is 0. The summed E-state index contributed by atoms with van der Waals surface area (Å²) >= 11 is 0. The molecule has 2 aliphatic rings. The molecule has 0 amide bonds. The van der Waals surface area contributed by atoms with Crippen LogP contribution in [0.15, 0.2) is 48.6 Å². The zero-order valence-corrected chi connectivity index (χ0v) is 20.5. The van der Waals surface area contributed by atoms with E-state index in [1.54, 1.807) is 0 Å². The molecule has 0 aliphatic carbocycles. The molecule has 1 atom stereocenters. The fourth-order valence-electron chi connectivity index (χ4n) is 5.70. The van der Waals surface area contributed by atoms with Crippen LogP contribution in [0.3, 0.4) is 0 Å². The van der Waals surface area contributed by atoms with Gasteiger partial charge in [-0.3, -0.25) is 4.90 Å². The predicted octanol–water partition coefficient (Wildman–Crippen LogP) is 6.76. The molecule has 2 aromatic rings. The van der Waals surface area contributed by atoms with Crippen LogP contribution in [-0.4, -0.2) is 42.1 Å². The van der Waals surface area contributed by atoms with E-state index in [0.29, 0.717) is 11.8 Å². The summed E-state index contributed by atoms with van der Waals surface area (Å²) in [7, 11) is 0. The van der Waals surface area contributed by atoms with Crippen molar-refractivity contribution in [2.45, 2.75) is 71.3 Å². The van der Waals surface area contributed by atoms with Gasteiger partial charge in [0.2, 0.25) is 0 Å². The third-order valence-corrected chi connectivity index (χ3v) is 7.26. The number of aromatic amines is 1. The molecule has 4 rings (SSSR count). The Bertz CT molecular complexity index is 989. The van der Waals surface area contributed by atoms with Gasteiger partial charge in [-0.2, -0.15) is 0 Å². The van der Waals surface area contributed by atoms with Crippen LogP contribution in [-0.2, 0) is 0 Å². The fourth-order valence-corrected chi connectivity index (χ4v) is 5.70. The highest BCUT2D eigenvalue weighted by atomic mass is 15.2. The van der Waals surface area contributed by atoms with E-state index in [4.69, 9.17) is 0 Å². The molecule has 3 nitrogen and oxygen atoms in total. The third-order valence-electron chi connectivity index (χ3n) is 7.26. The van der Waals surface area contributed by atoms with Crippen LogP contribution in [0, 0.1) is 0 Å². The van der Waals surface area contributed by atoms with Gasteiger partial charge >= 0.3 is 0 Å². The van der Waals surface area contributed by atoms with E-state index in [9.17, 15) is 0 Å². The molecule has 2 fully saturated rings. The van der Waals surface area contributed by atoms with Crippen molar-refractivity contribution in [3.8, 4) is 0 Å². The largest absolute Gasteiger partial charge is 0.354 e. The summed E-state index contributed by atoms with van der Waals surface area (Å²) in [5.74, 6) is 1.12. The molecule has 0 bridgehead atoms. The van der Waals surface area contributed by atoms with E-state index in [2.05, 4.69) is 79.8 Å². The zero-order valence-electron chi connectivity index (χ0n) is 20.5. The lowest BCUT2D eigenvalue weighted by molar-refractivity contribution is 0.130. The average Bonchev–Trinajstić information content (AvgIpc) is 3.18. The quantitative estimate of drug-likeness (QED) is 0.495. The molecule has 1 aromatic heterocycles. The van der Waals surface area contributed by atoms with E-state index in [-0.39, 0.29) is 0 Å². The topological polar surface area (TPSA) is 31.1 Å². The number of hydrogen-bond donors (Lipinski definition) is 2. The smallest absolute Gasteiger partial charge is 0.0499 e. The van der Waals surface area contributed by atoms with E-state index in [1.165, 1.54) is 90.7 Å². The number of fused-ring (bicyclic) bond motifs is 1. The van der Waals surface area contributed by atoms with E-state index in [1.807, 2.05) is 6.08 Å². The molecule has 32 heavy (non-hydrogen) atoms. The number of benzene rings is 1. The van der Waals surface area contributed by atoms with E-state index in [0.717, 1.165) is 6.04 Å². The van der Waals surface area contributed by atoms with Gasteiger partial charge in [-0.15, -0.1) is 0 Å². The number of hydrogen-bond acceptors (Lipinski definition) is 2. The van der Waals surface area contributed by atoms with Crippen LogP contribution in [0.25, 0.3) is 16.5 Å². The number of piperidine rings is 2. The summed E-state index contributed by atoms with van der Waals surface area (Å²) in [4.78, 5) is 6.48. The molecule has 1 unspecified atom stereocenters. The van der Waals surface area contributed by atoms with Crippen molar-refractivity contribution in [2.75, 3.05) is 26.2 Å². The molecule has 0 spiro atoms. The van der Waals surface area contributed by atoms with Gasteiger partial charge in [0.05, 0.1) is 0 Å². The average molecular weight is 432 g/mol. The Balaban J connectivity index is 1.61. The Morgan fingerprint density at radius 1 is 1.16 bits per heavy atom. The molecule has 0 saturated carbocycles. The van der Waals surface area contributed by atoms with Gasteiger partial charge in [0.15, 0.2) is 0 Å². The lowest BCUT2D eigenvalue weighted by atomic mass is 9.86. The number of H-pyrrole nitrogens is 1. The number of likely N-dealkylation sites (tertiary alicyclic amines) is 1. The number of rotatable bonds is 6. The maximum Gasteiger partial charge on any atom is 0.0499 e. The van der Waals surface area contributed by atoms with Crippen molar-refractivity contribution >= 4 is 16.5 Å². The van der Waals surface area contributed by atoms with Crippen LogP contribution in [0.1, 0.15) is 82.0 Å². The molecule has 2 aliphatic heterocycles. The summed E-state index contributed by atoms with van der Waals surface area (Å²) in [6, 6.07) is 7.91. The normalized spacial score (nSPS) is 21.3. The van der Waals surface area contributed by atoms with Crippen molar-refractivity contribution < 1.29 is 0 Å². The second-order valence-corrected chi connectivity index (χ2v) is 10.3. The van der Waals surface area contributed by atoms with Gasteiger partial charge in [-0.25, -0.2) is 0 Å². The van der Waals surface area contributed by atoms with Gasteiger partial charge in [-0.1, -0.05) is 50.3 Å². The van der Waals surface area contributed by atoms with Crippen molar-refractivity contribution in [1.82, 2.24) is 15.2 Å². The first-order valence-corrected chi connectivity index (χ1v) is 12.6. The number of aromatic nitrogens is 1. The first-order valence-electron chi connectivity index (χ1n) is 12.6. The Kier molecular flexibility index (Phi) is 7.37. The highest BCUT2D eigenvalue weighted by molar-refractivity contribution is 5.92. The van der Waals surface area contributed by atoms with Crippen LogP contribution in [0.5, 0.6) is 0 Å². The number of nitrogens with zero attached hydrogens (tertiary/aromatic N) is 1. The number of nitrogens with one attached hydrogen (secondary N) is 2. The van der Waals surface area contributed by atoms with Crippen molar-refractivity contribution in [3.63, 3.8) is 0 Å². The van der Waals surface area contributed by atoms with Gasteiger partial charge in [-0.05, 0) is 99.8 Å². The van der Waals surface area contributed by atoms with Gasteiger partial charge in [0.1, 0.15) is 0 Å². The Morgan fingerprint density at radius 2 is 1.94 bits per heavy atom. The lowest BCUT2D eigenvalue weighted by Gasteiger charge is -2.39. The fraction of sp³-hybridized carbons (Fsp3) is 0.517. The first kappa shape index (κ1) is 23.1. The monoisotopic (exact) mass is 431 g/mol. The maximum absolute atomic E-state index is 3.95. The second kappa shape index (κ2) is 10.2. The first-order chi connectivity index (χ1) is 15.5. The van der Waals surface area contributed by atoms with Crippen molar-refractivity contribution in [2.24, 2.45) is 0 Å². The minimum absolute atomic E-state index is 0.452. The minimum Gasteiger partial charge on any atom is -0.354 e. The van der Waals surface area contributed by atoms with Crippen LogP contribution < -0.4 is 5.32 Å². The Labute approximate surface area is 194 Å². The van der Waals surface area contributed by atoms with Crippen LogP contribution >= 0.6 is 0 Å². The van der Waals surface area contributed by atoms with Crippen LogP contribution in [0.4, 0.5) is 0 Å². The third kappa shape index (κ3) is 4.94. The standard InChI is InChI=1S/C29H41N3/c1-6-8-24(17-20(2)3)29-28(21(4)5)26-18-23(10-11-27(26)31-29)22-12-15-32(16-13-22)25-9-7-14-30-19-25/h6,8,10-11,17-18,21-22,25,30-31H,1,7,9,12-16,19H2,2-5H3/b24-8+. The van der Waals surface area contributed by atoms with Gasteiger partial charge < -0.3 is 10.3 Å². The molecule has 3 heterocycles. The molecule has 2 saturated heterocycles. The SMILES string of the molecule is C=C/C=C(\C=C(C)C)c1[nH]c2ccc(C3CCN(C4CCCNC4)CC3)cc2c1C(C)C. The van der Waals surface area contributed by atoms with Crippen molar-refractivity contribution in [3.05, 3.63) is 65.4 Å². The molecule has 1 aromatic carbocycles. The Hall–Kier alpha value is -2.10. The Morgan fingerprint density at radius 3 is 2.56 bits per heavy atom. The molecule has 3 heteroatoms.